The van der Waals surface area contributed by atoms with Crippen LogP contribution < -0.4 is 10.1 Å². The molecule has 1 heterocycles. The van der Waals surface area contributed by atoms with Gasteiger partial charge < -0.3 is 10.1 Å². The number of carbonyl (C=O) groups is 1. The van der Waals surface area contributed by atoms with Gasteiger partial charge >= 0.3 is 0 Å². The average molecular weight is 465 g/mol. The summed E-state index contributed by atoms with van der Waals surface area (Å²) in [6.45, 7) is 4.06. The summed E-state index contributed by atoms with van der Waals surface area (Å²) in [5.74, 6) is 0.469. The van der Waals surface area contributed by atoms with Gasteiger partial charge in [-0.15, -0.1) is 10.2 Å². The lowest BCUT2D eigenvalue weighted by atomic mass is 10.1. The van der Waals surface area contributed by atoms with Crippen molar-refractivity contribution in [3.8, 4) is 11.4 Å². The molecular formula is C23H21BrN4O2. The first-order valence-corrected chi connectivity index (χ1v) is 10.4. The molecule has 0 spiro atoms. The molecule has 1 N–H and O–H groups in total. The molecule has 4 aromatic rings. The van der Waals surface area contributed by atoms with Gasteiger partial charge in [0.2, 0.25) is 0 Å². The van der Waals surface area contributed by atoms with E-state index < -0.39 is 0 Å². The Kier molecular flexibility index (Phi) is 5.55. The Bertz CT molecular complexity index is 1230. The summed E-state index contributed by atoms with van der Waals surface area (Å²) >= 11 is 3.42. The van der Waals surface area contributed by atoms with E-state index in [4.69, 9.17) is 4.74 Å². The van der Waals surface area contributed by atoms with Gasteiger partial charge in [0, 0.05) is 11.3 Å². The number of halogens is 1. The molecule has 1 aromatic heterocycles. The summed E-state index contributed by atoms with van der Waals surface area (Å²) in [6, 6.07) is 17.2. The highest BCUT2D eigenvalue weighted by Crippen LogP contribution is 2.27. The van der Waals surface area contributed by atoms with E-state index in [9.17, 15) is 4.79 Å². The van der Waals surface area contributed by atoms with Gasteiger partial charge in [0.25, 0.3) is 5.91 Å². The van der Waals surface area contributed by atoms with E-state index in [1.807, 2.05) is 31.2 Å². The third-order valence-electron chi connectivity index (χ3n) is 4.96. The second-order valence-electron chi connectivity index (χ2n) is 6.97. The Balaban J connectivity index is 1.62. The highest BCUT2D eigenvalue weighted by Gasteiger charge is 2.13. The Labute approximate surface area is 183 Å². The van der Waals surface area contributed by atoms with Crippen LogP contribution in [0.25, 0.3) is 16.7 Å². The normalized spacial score (nSPS) is 10.9. The minimum absolute atomic E-state index is 0.205. The summed E-state index contributed by atoms with van der Waals surface area (Å²) in [6.07, 6.45) is 0.988. The third-order valence-corrected chi connectivity index (χ3v) is 5.58. The maximum atomic E-state index is 12.7. The second-order valence-corrected chi connectivity index (χ2v) is 7.82. The number of hydrogen-bond acceptors (Lipinski definition) is 4. The highest BCUT2D eigenvalue weighted by molar-refractivity contribution is 9.10. The molecule has 0 fully saturated rings. The van der Waals surface area contributed by atoms with Gasteiger partial charge in [-0.3, -0.25) is 4.79 Å². The van der Waals surface area contributed by atoms with E-state index in [1.165, 1.54) is 5.56 Å². The molecule has 0 aliphatic rings. The maximum absolute atomic E-state index is 12.7. The standard InChI is InChI=1S/C23H21BrN4O2/c1-4-15-5-8-17(9-6-15)28-26-20-11-14(2)19(13-21(20)27-28)25-23(29)16-7-10-22(30-3)18(24)12-16/h5-13H,4H2,1-3H3,(H,25,29). The van der Waals surface area contributed by atoms with Crippen molar-refractivity contribution >= 4 is 38.6 Å². The Morgan fingerprint density at radius 3 is 2.40 bits per heavy atom. The first-order chi connectivity index (χ1) is 14.5. The zero-order chi connectivity index (χ0) is 21.3. The molecule has 0 saturated heterocycles. The van der Waals surface area contributed by atoms with E-state index in [0.29, 0.717) is 22.5 Å². The molecule has 30 heavy (non-hydrogen) atoms. The second kappa shape index (κ2) is 8.28. The molecule has 1 amide bonds. The van der Waals surface area contributed by atoms with E-state index in [-0.39, 0.29) is 5.91 Å². The number of fused-ring (bicyclic) bond motifs is 1. The van der Waals surface area contributed by atoms with Gasteiger partial charge in [0.05, 0.1) is 17.3 Å². The molecule has 0 atom stereocenters. The molecule has 6 nitrogen and oxygen atoms in total. The van der Waals surface area contributed by atoms with Crippen molar-refractivity contribution in [1.29, 1.82) is 0 Å². The fourth-order valence-corrected chi connectivity index (χ4v) is 3.73. The lowest BCUT2D eigenvalue weighted by molar-refractivity contribution is 0.102. The monoisotopic (exact) mass is 464 g/mol. The molecule has 0 aliphatic heterocycles. The fraction of sp³-hybridized carbons (Fsp3) is 0.174. The lowest BCUT2D eigenvalue weighted by Crippen LogP contribution is -2.12. The first-order valence-electron chi connectivity index (χ1n) is 9.60. The van der Waals surface area contributed by atoms with E-state index in [1.54, 1.807) is 30.1 Å². The predicted molar refractivity (Wildman–Crippen MR) is 122 cm³/mol. The first kappa shape index (κ1) is 20.1. The van der Waals surface area contributed by atoms with Crippen molar-refractivity contribution < 1.29 is 9.53 Å². The van der Waals surface area contributed by atoms with E-state index in [2.05, 4.69) is 50.5 Å². The molecule has 0 saturated carbocycles. The fourth-order valence-electron chi connectivity index (χ4n) is 3.19. The molecule has 0 unspecified atom stereocenters. The van der Waals surface area contributed by atoms with Crippen molar-refractivity contribution in [3.05, 3.63) is 75.8 Å². The number of ether oxygens (including phenoxy) is 1. The van der Waals surface area contributed by atoms with Crippen LogP contribution in [-0.4, -0.2) is 28.0 Å². The average Bonchev–Trinajstić information content (AvgIpc) is 3.16. The number of nitrogens with zero attached hydrogens (tertiary/aromatic N) is 3. The highest BCUT2D eigenvalue weighted by atomic mass is 79.9. The van der Waals surface area contributed by atoms with E-state index >= 15 is 0 Å². The number of aromatic nitrogens is 3. The predicted octanol–water partition coefficient (Wildman–Crippen LogP) is 5.31. The number of benzene rings is 3. The lowest BCUT2D eigenvalue weighted by Gasteiger charge is -2.09. The van der Waals surface area contributed by atoms with Crippen LogP contribution in [0.4, 0.5) is 5.69 Å². The van der Waals surface area contributed by atoms with E-state index in [0.717, 1.165) is 27.7 Å². The third kappa shape index (κ3) is 3.93. The largest absolute Gasteiger partial charge is 0.496 e. The van der Waals surface area contributed by atoms with Crippen LogP contribution in [0.3, 0.4) is 0 Å². The van der Waals surface area contributed by atoms with Crippen LogP contribution in [0.2, 0.25) is 0 Å². The maximum Gasteiger partial charge on any atom is 0.255 e. The SMILES string of the molecule is CCc1ccc(-n2nc3cc(C)c(NC(=O)c4ccc(OC)c(Br)c4)cc3n2)cc1. The van der Waals surface area contributed by atoms with Crippen molar-refractivity contribution in [3.63, 3.8) is 0 Å². The Morgan fingerprint density at radius 2 is 1.77 bits per heavy atom. The minimum Gasteiger partial charge on any atom is -0.496 e. The molecule has 0 aliphatic carbocycles. The van der Waals surface area contributed by atoms with Crippen LogP contribution in [0.15, 0.2) is 59.1 Å². The smallest absolute Gasteiger partial charge is 0.255 e. The van der Waals surface area contributed by atoms with Gasteiger partial charge in [-0.05, 0) is 82.9 Å². The minimum atomic E-state index is -0.205. The number of amides is 1. The van der Waals surface area contributed by atoms with Gasteiger partial charge in [-0.1, -0.05) is 19.1 Å². The van der Waals surface area contributed by atoms with Crippen molar-refractivity contribution in [2.75, 3.05) is 12.4 Å². The summed E-state index contributed by atoms with van der Waals surface area (Å²) in [5.41, 5.74) is 5.80. The van der Waals surface area contributed by atoms with Crippen LogP contribution in [-0.2, 0) is 6.42 Å². The van der Waals surface area contributed by atoms with Gasteiger partial charge in [-0.2, -0.15) is 4.80 Å². The summed E-state index contributed by atoms with van der Waals surface area (Å²) in [5, 5.41) is 12.1. The van der Waals surface area contributed by atoms with Crippen LogP contribution in [0, 0.1) is 6.92 Å². The number of methoxy groups -OCH3 is 1. The number of nitrogens with one attached hydrogen (secondary N) is 1. The van der Waals surface area contributed by atoms with Crippen molar-refractivity contribution in [2.45, 2.75) is 20.3 Å². The Morgan fingerprint density at radius 1 is 1.07 bits per heavy atom. The zero-order valence-electron chi connectivity index (χ0n) is 16.9. The molecule has 0 bridgehead atoms. The molecule has 152 valence electrons. The summed E-state index contributed by atoms with van der Waals surface area (Å²) in [7, 11) is 1.59. The zero-order valence-corrected chi connectivity index (χ0v) is 18.5. The topological polar surface area (TPSA) is 69.0 Å². The van der Waals surface area contributed by atoms with Gasteiger partial charge in [-0.25, -0.2) is 0 Å². The van der Waals surface area contributed by atoms with Gasteiger partial charge in [0.1, 0.15) is 16.8 Å². The number of aryl methyl sites for hydroxylation is 2. The molecule has 0 radical (unpaired) electrons. The number of hydrogen-bond donors (Lipinski definition) is 1. The number of rotatable bonds is 5. The number of anilines is 1. The van der Waals surface area contributed by atoms with Crippen LogP contribution in [0.5, 0.6) is 5.75 Å². The van der Waals surface area contributed by atoms with Crippen molar-refractivity contribution in [2.24, 2.45) is 0 Å². The Hall–Kier alpha value is -3.19. The van der Waals surface area contributed by atoms with Gasteiger partial charge in [0.15, 0.2) is 0 Å². The molecular weight excluding hydrogens is 444 g/mol. The quantitative estimate of drug-likeness (QED) is 0.434. The molecule has 7 heteroatoms. The summed E-state index contributed by atoms with van der Waals surface area (Å²) < 4.78 is 5.94. The molecule has 3 aromatic carbocycles. The van der Waals surface area contributed by atoms with Crippen LogP contribution >= 0.6 is 15.9 Å². The molecule has 4 rings (SSSR count). The van der Waals surface area contributed by atoms with Crippen molar-refractivity contribution in [1.82, 2.24) is 15.0 Å². The van der Waals surface area contributed by atoms with Crippen LogP contribution in [0.1, 0.15) is 28.4 Å². The summed E-state index contributed by atoms with van der Waals surface area (Å²) in [4.78, 5) is 14.3. The number of carbonyl (C=O) groups excluding carboxylic acids is 1.